The monoisotopic (exact) mass is 359 g/mol. The highest BCUT2D eigenvalue weighted by Gasteiger charge is 2.35. The fourth-order valence-electron chi connectivity index (χ4n) is 3.91. The standard InChI is InChI=1S/C20H25NO5/c1-23-16-8-6-12-13(10-15(16)22)14(21)7-5-11-9-17(24-2)19(25-3)20(26-4)18(11)12/h8-10,12,14H,5-7,21H2,1-4H3/t12-,14?/m0/s1. The average Bonchev–Trinajstić information content (AvgIpc) is 2.89. The van der Waals surface area contributed by atoms with Crippen LogP contribution in [0.1, 0.15) is 29.9 Å². The maximum Gasteiger partial charge on any atom is 0.220 e. The molecule has 0 saturated carbocycles. The summed E-state index contributed by atoms with van der Waals surface area (Å²) in [5.74, 6) is 1.93. The van der Waals surface area contributed by atoms with Crippen LogP contribution in [0, 0.1) is 0 Å². The zero-order chi connectivity index (χ0) is 18.8. The van der Waals surface area contributed by atoms with Crippen LogP contribution in [0.4, 0.5) is 0 Å². The van der Waals surface area contributed by atoms with Crippen molar-refractivity contribution in [3.05, 3.63) is 40.7 Å². The van der Waals surface area contributed by atoms with Gasteiger partial charge in [-0.2, -0.15) is 0 Å². The number of carbonyl (C=O) groups excluding carboxylic acids is 1. The van der Waals surface area contributed by atoms with E-state index in [1.807, 2.05) is 12.1 Å². The summed E-state index contributed by atoms with van der Waals surface area (Å²) in [7, 11) is 6.32. The molecule has 1 aromatic carbocycles. The first-order chi connectivity index (χ1) is 12.5. The number of aryl methyl sites for hydroxylation is 1. The lowest BCUT2D eigenvalue weighted by Gasteiger charge is -2.25. The molecule has 1 aromatic rings. The van der Waals surface area contributed by atoms with Gasteiger partial charge < -0.3 is 24.7 Å². The number of ether oxygens (including phenoxy) is 4. The van der Waals surface area contributed by atoms with Crippen LogP contribution in [0.3, 0.4) is 0 Å². The minimum atomic E-state index is -0.206. The molecule has 0 aliphatic heterocycles. The third-order valence-corrected chi connectivity index (χ3v) is 5.16. The predicted molar refractivity (Wildman–Crippen MR) is 97.9 cm³/mol. The highest BCUT2D eigenvalue weighted by molar-refractivity contribution is 6.03. The maximum absolute atomic E-state index is 12.4. The lowest BCUT2D eigenvalue weighted by atomic mass is 9.84. The van der Waals surface area contributed by atoms with Crippen molar-refractivity contribution in [2.45, 2.75) is 31.2 Å². The first-order valence-corrected chi connectivity index (χ1v) is 8.62. The third kappa shape index (κ3) is 2.94. The van der Waals surface area contributed by atoms with Crippen LogP contribution in [-0.4, -0.2) is 40.3 Å². The van der Waals surface area contributed by atoms with Gasteiger partial charge in [0.1, 0.15) is 0 Å². The lowest BCUT2D eigenvalue weighted by Crippen LogP contribution is -2.25. The van der Waals surface area contributed by atoms with Crippen molar-refractivity contribution in [3.63, 3.8) is 0 Å². The molecule has 2 aliphatic carbocycles. The molecule has 2 atom stereocenters. The number of carbonyl (C=O) groups is 1. The Bertz CT molecular complexity index is 781. The van der Waals surface area contributed by atoms with Crippen LogP contribution in [0.5, 0.6) is 17.2 Å². The highest BCUT2D eigenvalue weighted by atomic mass is 16.5. The van der Waals surface area contributed by atoms with E-state index in [2.05, 4.69) is 0 Å². The van der Waals surface area contributed by atoms with E-state index in [-0.39, 0.29) is 17.7 Å². The van der Waals surface area contributed by atoms with Gasteiger partial charge in [-0.15, -0.1) is 0 Å². The molecule has 0 fully saturated rings. The second-order valence-electron chi connectivity index (χ2n) is 6.43. The quantitative estimate of drug-likeness (QED) is 0.890. The molecule has 6 heteroatoms. The minimum absolute atomic E-state index is 0.0751. The number of hydrogen-bond donors (Lipinski definition) is 1. The van der Waals surface area contributed by atoms with Gasteiger partial charge in [-0.05, 0) is 48.6 Å². The van der Waals surface area contributed by atoms with Crippen LogP contribution >= 0.6 is 0 Å². The van der Waals surface area contributed by atoms with E-state index in [1.165, 1.54) is 7.11 Å². The molecule has 0 aromatic heterocycles. The van der Waals surface area contributed by atoms with Gasteiger partial charge in [0.05, 0.1) is 28.4 Å². The van der Waals surface area contributed by atoms with E-state index in [0.29, 0.717) is 29.4 Å². The Morgan fingerprint density at radius 2 is 1.77 bits per heavy atom. The molecule has 0 amide bonds. The molecule has 26 heavy (non-hydrogen) atoms. The molecule has 0 spiro atoms. The smallest absolute Gasteiger partial charge is 0.220 e. The number of ketones is 1. The van der Waals surface area contributed by atoms with Gasteiger partial charge in [-0.1, -0.05) is 0 Å². The van der Waals surface area contributed by atoms with E-state index < -0.39 is 0 Å². The molecule has 140 valence electrons. The van der Waals surface area contributed by atoms with E-state index >= 15 is 0 Å². The van der Waals surface area contributed by atoms with E-state index in [9.17, 15) is 4.79 Å². The molecule has 0 heterocycles. The Hall–Kier alpha value is -2.47. The topological polar surface area (TPSA) is 80.0 Å². The number of allylic oxidation sites excluding steroid dienone is 2. The van der Waals surface area contributed by atoms with Crippen LogP contribution in [0.25, 0.3) is 0 Å². The second kappa shape index (κ2) is 7.41. The van der Waals surface area contributed by atoms with Gasteiger partial charge in [0.2, 0.25) is 11.5 Å². The van der Waals surface area contributed by atoms with Crippen molar-refractivity contribution in [3.8, 4) is 17.2 Å². The number of benzene rings is 1. The second-order valence-corrected chi connectivity index (χ2v) is 6.43. The number of rotatable bonds is 4. The van der Waals surface area contributed by atoms with Crippen LogP contribution in [-0.2, 0) is 16.0 Å². The zero-order valence-electron chi connectivity index (χ0n) is 15.6. The van der Waals surface area contributed by atoms with E-state index in [4.69, 9.17) is 24.7 Å². The Labute approximate surface area is 153 Å². The first-order valence-electron chi connectivity index (χ1n) is 8.62. The fourth-order valence-corrected chi connectivity index (χ4v) is 3.91. The Kier molecular flexibility index (Phi) is 5.23. The summed E-state index contributed by atoms with van der Waals surface area (Å²) >= 11 is 0. The third-order valence-electron chi connectivity index (χ3n) is 5.16. The molecule has 0 bridgehead atoms. The van der Waals surface area contributed by atoms with Gasteiger partial charge in [-0.3, -0.25) is 4.79 Å². The van der Waals surface area contributed by atoms with Crippen molar-refractivity contribution >= 4 is 5.78 Å². The molecule has 2 N–H and O–H groups in total. The highest BCUT2D eigenvalue weighted by Crippen LogP contribution is 2.50. The van der Waals surface area contributed by atoms with Crippen molar-refractivity contribution in [2.75, 3.05) is 28.4 Å². The SMILES string of the molecule is COC1=CC[C@H]2C(=CC1=O)C(N)CCc1cc(OC)c(OC)c(OC)c12. The number of nitrogens with two attached hydrogens (primary N) is 1. The molecular weight excluding hydrogens is 334 g/mol. The van der Waals surface area contributed by atoms with Crippen molar-refractivity contribution < 1.29 is 23.7 Å². The summed E-state index contributed by atoms with van der Waals surface area (Å²) < 4.78 is 22.0. The van der Waals surface area contributed by atoms with Gasteiger partial charge in [0, 0.05) is 17.5 Å². The van der Waals surface area contributed by atoms with E-state index in [1.54, 1.807) is 27.4 Å². The van der Waals surface area contributed by atoms with Crippen LogP contribution in [0.15, 0.2) is 29.6 Å². The van der Waals surface area contributed by atoms with Crippen LogP contribution < -0.4 is 19.9 Å². The number of hydrogen-bond acceptors (Lipinski definition) is 6. The van der Waals surface area contributed by atoms with Crippen molar-refractivity contribution in [2.24, 2.45) is 5.73 Å². The molecule has 0 saturated heterocycles. The van der Waals surface area contributed by atoms with E-state index in [0.717, 1.165) is 29.5 Å². The molecular formula is C20H25NO5. The molecule has 0 radical (unpaired) electrons. The minimum Gasteiger partial charge on any atom is -0.493 e. The van der Waals surface area contributed by atoms with Gasteiger partial charge in [0.25, 0.3) is 0 Å². The Balaban J connectivity index is 2.26. The van der Waals surface area contributed by atoms with Crippen molar-refractivity contribution in [1.82, 2.24) is 0 Å². The summed E-state index contributed by atoms with van der Waals surface area (Å²) in [5.41, 5.74) is 9.44. The normalized spacial score (nSPS) is 22.1. The fraction of sp³-hybridized carbons (Fsp3) is 0.450. The van der Waals surface area contributed by atoms with Crippen LogP contribution in [0.2, 0.25) is 0 Å². The Morgan fingerprint density at radius 1 is 1.04 bits per heavy atom. The largest absolute Gasteiger partial charge is 0.493 e. The summed E-state index contributed by atoms with van der Waals surface area (Å²) in [5, 5.41) is 0. The van der Waals surface area contributed by atoms with Gasteiger partial charge >= 0.3 is 0 Å². The molecule has 1 unspecified atom stereocenters. The lowest BCUT2D eigenvalue weighted by molar-refractivity contribution is -0.114. The molecule has 6 nitrogen and oxygen atoms in total. The summed E-state index contributed by atoms with van der Waals surface area (Å²) in [6.45, 7) is 0. The predicted octanol–water partition coefficient (Wildman–Crippen LogP) is 2.50. The molecule has 3 rings (SSSR count). The summed E-state index contributed by atoms with van der Waals surface area (Å²) in [4.78, 5) is 12.4. The van der Waals surface area contributed by atoms with Gasteiger partial charge in [-0.25, -0.2) is 0 Å². The Morgan fingerprint density at radius 3 is 2.38 bits per heavy atom. The van der Waals surface area contributed by atoms with Gasteiger partial charge in [0.15, 0.2) is 17.3 Å². The first kappa shape index (κ1) is 18.3. The maximum atomic E-state index is 12.4. The summed E-state index contributed by atoms with van der Waals surface area (Å²) in [6.07, 6.45) is 5.57. The van der Waals surface area contributed by atoms with Crippen molar-refractivity contribution in [1.29, 1.82) is 0 Å². The number of methoxy groups -OCH3 is 4. The number of fused-ring (bicyclic) bond motifs is 3. The molecule has 2 aliphatic rings. The average molecular weight is 359 g/mol. The zero-order valence-corrected chi connectivity index (χ0v) is 15.6. The summed E-state index contributed by atoms with van der Waals surface area (Å²) in [6, 6.07) is 1.78.